The van der Waals surface area contributed by atoms with E-state index in [2.05, 4.69) is 10.3 Å². The van der Waals surface area contributed by atoms with Gasteiger partial charge in [0.2, 0.25) is 5.91 Å². The number of aromatic nitrogens is 1. The van der Waals surface area contributed by atoms with Gasteiger partial charge in [0.05, 0.1) is 5.69 Å². The van der Waals surface area contributed by atoms with E-state index in [0.29, 0.717) is 10.7 Å². The smallest absolute Gasteiger partial charge is 0.226 e. The van der Waals surface area contributed by atoms with Gasteiger partial charge in [-0.05, 0) is 38.1 Å². The van der Waals surface area contributed by atoms with Crippen molar-refractivity contribution < 1.29 is 14.0 Å². The minimum Gasteiger partial charge on any atom is -0.302 e. The molecule has 0 atom stereocenters. The molecule has 1 amide bonds. The lowest BCUT2D eigenvalue weighted by Gasteiger charge is -2.02. The van der Waals surface area contributed by atoms with Gasteiger partial charge in [-0.1, -0.05) is 0 Å². The molecule has 0 saturated carbocycles. The predicted octanol–water partition coefficient (Wildman–Crippen LogP) is 3.50. The van der Waals surface area contributed by atoms with Crippen LogP contribution in [0.3, 0.4) is 0 Å². The van der Waals surface area contributed by atoms with Crippen LogP contribution in [0.5, 0.6) is 0 Å². The van der Waals surface area contributed by atoms with Crippen molar-refractivity contribution >= 4 is 28.2 Å². The number of hydrogen-bond donors (Lipinski definition) is 1. The summed E-state index contributed by atoms with van der Waals surface area (Å²) in [6.45, 7) is 3.81. The Hall–Kier alpha value is -2.08. The molecule has 0 aliphatic rings. The molecule has 1 N–H and O–H groups in total. The molecule has 1 aromatic carbocycles. The molecule has 0 unspecified atom stereocenters. The number of Topliss-reactive ketones (excluding diaryl/α,β-unsaturated/α-hetero) is 1. The summed E-state index contributed by atoms with van der Waals surface area (Å²) >= 11 is 1.41. The summed E-state index contributed by atoms with van der Waals surface area (Å²) in [5, 5.41) is 3.22. The molecule has 1 aromatic heterocycles. The molecule has 0 fully saturated rings. The zero-order valence-corrected chi connectivity index (χ0v) is 12.6. The van der Waals surface area contributed by atoms with E-state index in [9.17, 15) is 14.0 Å². The molecule has 0 saturated heterocycles. The van der Waals surface area contributed by atoms with Crippen LogP contribution in [-0.4, -0.2) is 16.7 Å². The Kier molecular flexibility index (Phi) is 4.80. The van der Waals surface area contributed by atoms with E-state index < -0.39 is 0 Å². The highest BCUT2D eigenvalue weighted by molar-refractivity contribution is 7.15. The number of thiazole rings is 1. The van der Waals surface area contributed by atoms with E-state index in [4.69, 9.17) is 0 Å². The first-order chi connectivity index (χ1) is 9.95. The molecule has 4 nitrogen and oxygen atoms in total. The molecule has 21 heavy (non-hydrogen) atoms. The number of amides is 1. The van der Waals surface area contributed by atoms with E-state index in [1.807, 2.05) is 13.8 Å². The lowest BCUT2D eigenvalue weighted by molar-refractivity contribution is -0.116. The third kappa shape index (κ3) is 4.19. The van der Waals surface area contributed by atoms with Crippen LogP contribution < -0.4 is 5.32 Å². The maximum Gasteiger partial charge on any atom is 0.226 e. The number of carbonyl (C=O) groups excluding carboxylic acids is 2. The van der Waals surface area contributed by atoms with Crippen LogP contribution in [-0.2, 0) is 4.79 Å². The average Bonchev–Trinajstić information content (AvgIpc) is 2.75. The summed E-state index contributed by atoms with van der Waals surface area (Å²) < 4.78 is 12.8. The molecule has 0 spiro atoms. The first-order valence-electron chi connectivity index (χ1n) is 6.48. The molecule has 2 aromatic rings. The Bertz CT molecular complexity index is 645. The van der Waals surface area contributed by atoms with E-state index in [1.165, 1.54) is 35.6 Å². The van der Waals surface area contributed by atoms with E-state index in [-0.39, 0.29) is 30.3 Å². The average molecular weight is 306 g/mol. The van der Waals surface area contributed by atoms with Crippen LogP contribution in [0.4, 0.5) is 9.52 Å². The van der Waals surface area contributed by atoms with Gasteiger partial charge in [0, 0.05) is 23.3 Å². The maximum atomic E-state index is 12.8. The van der Waals surface area contributed by atoms with Crippen LogP contribution in [0.2, 0.25) is 0 Å². The number of hydrogen-bond acceptors (Lipinski definition) is 4. The van der Waals surface area contributed by atoms with Crippen LogP contribution >= 0.6 is 11.3 Å². The fraction of sp³-hybridized carbons (Fsp3) is 0.267. The topological polar surface area (TPSA) is 59.1 Å². The minimum absolute atomic E-state index is 0.0773. The quantitative estimate of drug-likeness (QED) is 0.860. The van der Waals surface area contributed by atoms with Crippen LogP contribution in [0.25, 0.3) is 0 Å². The number of benzene rings is 1. The van der Waals surface area contributed by atoms with Crippen molar-refractivity contribution in [3.05, 3.63) is 46.2 Å². The van der Waals surface area contributed by atoms with Gasteiger partial charge in [-0.15, -0.1) is 11.3 Å². The number of aryl methyl sites for hydroxylation is 2. The van der Waals surface area contributed by atoms with Crippen LogP contribution in [0, 0.1) is 19.7 Å². The minimum atomic E-state index is -0.390. The number of ketones is 1. The van der Waals surface area contributed by atoms with Crippen molar-refractivity contribution in [2.45, 2.75) is 26.7 Å². The van der Waals surface area contributed by atoms with Crippen molar-refractivity contribution in [2.75, 3.05) is 5.32 Å². The number of nitrogens with one attached hydrogen (secondary N) is 1. The third-order valence-corrected chi connectivity index (χ3v) is 4.01. The number of carbonyl (C=O) groups is 2. The maximum absolute atomic E-state index is 12.8. The van der Waals surface area contributed by atoms with Crippen molar-refractivity contribution in [1.82, 2.24) is 4.98 Å². The van der Waals surface area contributed by atoms with Crippen LogP contribution in [0.15, 0.2) is 24.3 Å². The molecule has 2 rings (SSSR count). The zero-order valence-electron chi connectivity index (χ0n) is 11.8. The van der Waals surface area contributed by atoms with Gasteiger partial charge in [-0.3, -0.25) is 9.59 Å². The summed E-state index contributed by atoms with van der Waals surface area (Å²) in [5.74, 6) is -0.824. The van der Waals surface area contributed by atoms with Gasteiger partial charge in [-0.2, -0.15) is 0 Å². The van der Waals surface area contributed by atoms with Gasteiger partial charge in [-0.25, -0.2) is 9.37 Å². The SMILES string of the molecule is Cc1nc(NC(=O)CCC(=O)c2ccc(F)cc2)sc1C. The van der Waals surface area contributed by atoms with Gasteiger partial charge in [0.15, 0.2) is 10.9 Å². The molecule has 0 radical (unpaired) electrons. The zero-order chi connectivity index (χ0) is 15.4. The van der Waals surface area contributed by atoms with E-state index in [0.717, 1.165) is 10.6 Å². The normalized spacial score (nSPS) is 10.4. The van der Waals surface area contributed by atoms with Crippen molar-refractivity contribution in [3.63, 3.8) is 0 Å². The Morgan fingerprint density at radius 2 is 1.86 bits per heavy atom. The predicted molar refractivity (Wildman–Crippen MR) is 80.2 cm³/mol. The lowest BCUT2D eigenvalue weighted by atomic mass is 10.1. The molecule has 6 heteroatoms. The first kappa shape index (κ1) is 15.3. The van der Waals surface area contributed by atoms with Crippen molar-refractivity contribution in [1.29, 1.82) is 0 Å². The number of halogens is 1. The lowest BCUT2D eigenvalue weighted by Crippen LogP contribution is -2.13. The highest BCUT2D eigenvalue weighted by Gasteiger charge is 2.11. The van der Waals surface area contributed by atoms with Gasteiger partial charge in [0.25, 0.3) is 0 Å². The molecule has 110 valence electrons. The van der Waals surface area contributed by atoms with Gasteiger partial charge >= 0.3 is 0 Å². The summed E-state index contributed by atoms with van der Waals surface area (Å²) in [4.78, 5) is 28.9. The van der Waals surface area contributed by atoms with Gasteiger partial charge < -0.3 is 5.32 Å². The standard InChI is InChI=1S/C15H15FN2O2S/c1-9-10(2)21-15(17-9)18-14(20)8-7-13(19)11-3-5-12(16)6-4-11/h3-6H,7-8H2,1-2H3,(H,17,18,20). The second-order valence-corrected chi connectivity index (χ2v) is 5.84. The highest BCUT2D eigenvalue weighted by atomic mass is 32.1. The second-order valence-electron chi connectivity index (χ2n) is 4.64. The Balaban J connectivity index is 1.86. The number of nitrogens with zero attached hydrogens (tertiary/aromatic N) is 1. The third-order valence-electron chi connectivity index (χ3n) is 3.02. The Labute approximate surface area is 126 Å². The Morgan fingerprint density at radius 1 is 1.19 bits per heavy atom. The van der Waals surface area contributed by atoms with E-state index >= 15 is 0 Å². The molecule has 0 aliphatic carbocycles. The van der Waals surface area contributed by atoms with Gasteiger partial charge in [0.1, 0.15) is 5.82 Å². The summed E-state index contributed by atoms with van der Waals surface area (Å²) in [5.41, 5.74) is 1.29. The molecule has 0 bridgehead atoms. The van der Waals surface area contributed by atoms with E-state index in [1.54, 1.807) is 0 Å². The number of anilines is 1. The second kappa shape index (κ2) is 6.58. The Morgan fingerprint density at radius 3 is 2.43 bits per heavy atom. The fourth-order valence-corrected chi connectivity index (χ4v) is 2.55. The monoisotopic (exact) mass is 306 g/mol. The largest absolute Gasteiger partial charge is 0.302 e. The van der Waals surface area contributed by atoms with Crippen LogP contribution in [0.1, 0.15) is 33.8 Å². The van der Waals surface area contributed by atoms with Crippen molar-refractivity contribution in [2.24, 2.45) is 0 Å². The summed E-state index contributed by atoms with van der Waals surface area (Å²) in [6.07, 6.45) is 0.161. The number of rotatable bonds is 5. The molecule has 1 heterocycles. The molecule has 0 aliphatic heterocycles. The molecular formula is C15H15FN2O2S. The first-order valence-corrected chi connectivity index (χ1v) is 7.30. The summed E-state index contributed by atoms with van der Waals surface area (Å²) in [7, 11) is 0. The molecular weight excluding hydrogens is 291 g/mol. The highest BCUT2D eigenvalue weighted by Crippen LogP contribution is 2.21. The summed E-state index contributed by atoms with van der Waals surface area (Å²) in [6, 6.07) is 5.30. The van der Waals surface area contributed by atoms with Crippen molar-refractivity contribution in [3.8, 4) is 0 Å². The fourth-order valence-electron chi connectivity index (χ4n) is 1.72.